The molecule has 0 aromatic carbocycles. The first-order valence-electron chi connectivity index (χ1n) is 5.72. The lowest BCUT2D eigenvalue weighted by Gasteiger charge is -2.17. The van der Waals surface area contributed by atoms with Crippen molar-refractivity contribution in [2.75, 3.05) is 7.05 Å². The van der Waals surface area contributed by atoms with E-state index in [1.54, 1.807) is 13.2 Å². The van der Waals surface area contributed by atoms with E-state index in [4.69, 9.17) is 0 Å². The topological polar surface area (TPSA) is 91.4 Å². The Bertz CT molecular complexity index is 528. The maximum Gasteiger partial charge on any atom is 0.322 e. The van der Waals surface area contributed by atoms with Crippen LogP contribution in [0.3, 0.4) is 0 Å². The van der Waals surface area contributed by atoms with E-state index in [-0.39, 0.29) is 12.3 Å². The fourth-order valence-corrected chi connectivity index (χ4v) is 2.58. The number of nitrogens with zero attached hydrogens (tertiary/aromatic N) is 2. The molecule has 8 heteroatoms. The summed E-state index contributed by atoms with van der Waals surface area (Å²) < 4.78 is 0. The number of hydrogen-bond donors (Lipinski definition) is 2. The van der Waals surface area contributed by atoms with Gasteiger partial charge < -0.3 is 10.2 Å². The van der Waals surface area contributed by atoms with Gasteiger partial charge >= 0.3 is 6.03 Å². The summed E-state index contributed by atoms with van der Waals surface area (Å²) in [5.41, 5.74) is 0. The van der Waals surface area contributed by atoms with E-state index in [0.29, 0.717) is 6.54 Å². The highest BCUT2D eigenvalue weighted by molar-refractivity contribution is 7.11. The third-order valence-corrected chi connectivity index (χ3v) is 3.62. The fraction of sp³-hybridized carbons (Fsp3) is 0.455. The molecule has 1 saturated heterocycles. The number of aryl methyl sites for hydroxylation is 1. The molecule has 2 N–H and O–H groups in total. The third-order valence-electron chi connectivity index (χ3n) is 2.73. The smallest absolute Gasteiger partial charge is 0.322 e. The van der Waals surface area contributed by atoms with Crippen LogP contribution < -0.4 is 10.6 Å². The minimum absolute atomic E-state index is 0.0359. The van der Waals surface area contributed by atoms with Crippen LogP contribution in [-0.4, -0.2) is 40.8 Å². The van der Waals surface area contributed by atoms with Crippen molar-refractivity contribution < 1.29 is 14.4 Å². The second-order valence-electron chi connectivity index (χ2n) is 4.31. The predicted molar refractivity (Wildman–Crippen MR) is 68.4 cm³/mol. The van der Waals surface area contributed by atoms with E-state index in [2.05, 4.69) is 15.6 Å². The van der Waals surface area contributed by atoms with Crippen molar-refractivity contribution >= 4 is 29.2 Å². The first kappa shape index (κ1) is 13.5. The molecule has 0 radical (unpaired) electrons. The molecule has 1 aliphatic rings. The number of hydrogen-bond acceptors (Lipinski definition) is 5. The highest BCUT2D eigenvalue weighted by atomic mass is 32.1. The Balaban J connectivity index is 1.89. The van der Waals surface area contributed by atoms with Crippen LogP contribution in [0.4, 0.5) is 4.79 Å². The lowest BCUT2D eigenvalue weighted by Crippen LogP contribution is -2.36. The Labute approximate surface area is 114 Å². The molecular formula is C11H14N4O3S. The molecular weight excluding hydrogens is 268 g/mol. The lowest BCUT2D eigenvalue weighted by atomic mass is 10.2. The van der Waals surface area contributed by atoms with Gasteiger partial charge in [-0.1, -0.05) is 0 Å². The zero-order chi connectivity index (χ0) is 14.0. The lowest BCUT2D eigenvalue weighted by molar-refractivity contribution is -0.133. The van der Waals surface area contributed by atoms with Crippen molar-refractivity contribution in [2.45, 2.75) is 25.9 Å². The van der Waals surface area contributed by atoms with Crippen LogP contribution in [0.25, 0.3) is 0 Å². The molecule has 1 fully saturated rings. The Morgan fingerprint density at radius 3 is 2.79 bits per heavy atom. The first-order chi connectivity index (χ1) is 8.95. The number of thiazole rings is 1. The van der Waals surface area contributed by atoms with E-state index in [1.165, 1.54) is 16.2 Å². The van der Waals surface area contributed by atoms with Gasteiger partial charge in [-0.2, -0.15) is 0 Å². The SMILES string of the molecule is Cc1ncc(CN(C)C(=O)C[C@H]2NC(=O)NC2=O)s1. The molecule has 0 spiro atoms. The van der Waals surface area contributed by atoms with E-state index < -0.39 is 18.0 Å². The maximum absolute atomic E-state index is 11.9. The van der Waals surface area contributed by atoms with Gasteiger partial charge in [0.1, 0.15) is 6.04 Å². The van der Waals surface area contributed by atoms with Gasteiger partial charge in [0, 0.05) is 18.1 Å². The van der Waals surface area contributed by atoms with Crippen LogP contribution in [0, 0.1) is 6.92 Å². The summed E-state index contributed by atoms with van der Waals surface area (Å²) in [4.78, 5) is 40.8. The van der Waals surface area contributed by atoms with Crippen molar-refractivity contribution in [3.05, 3.63) is 16.1 Å². The zero-order valence-corrected chi connectivity index (χ0v) is 11.4. The second-order valence-corrected chi connectivity index (χ2v) is 5.63. The minimum Gasteiger partial charge on any atom is -0.340 e. The monoisotopic (exact) mass is 282 g/mol. The number of imide groups is 1. The normalized spacial score (nSPS) is 18.1. The molecule has 0 saturated carbocycles. The Hall–Kier alpha value is -1.96. The Morgan fingerprint density at radius 1 is 1.53 bits per heavy atom. The first-order valence-corrected chi connectivity index (χ1v) is 6.54. The van der Waals surface area contributed by atoms with Crippen molar-refractivity contribution in [3.8, 4) is 0 Å². The van der Waals surface area contributed by atoms with Crippen LogP contribution in [0.1, 0.15) is 16.3 Å². The summed E-state index contributed by atoms with van der Waals surface area (Å²) in [6.07, 6.45) is 1.69. The summed E-state index contributed by atoms with van der Waals surface area (Å²) in [7, 11) is 1.66. The van der Waals surface area contributed by atoms with Gasteiger partial charge in [0.15, 0.2) is 0 Å². The highest BCUT2D eigenvalue weighted by Crippen LogP contribution is 2.14. The van der Waals surface area contributed by atoms with Gasteiger partial charge in [0.25, 0.3) is 5.91 Å². The Kier molecular flexibility index (Phi) is 3.79. The second kappa shape index (κ2) is 5.35. The van der Waals surface area contributed by atoms with Crippen LogP contribution in [0.5, 0.6) is 0 Å². The molecule has 1 atom stereocenters. The average Bonchev–Trinajstić information content (AvgIpc) is 2.85. The highest BCUT2D eigenvalue weighted by Gasteiger charge is 2.32. The Morgan fingerprint density at radius 2 is 2.26 bits per heavy atom. The van der Waals surface area contributed by atoms with Crippen molar-refractivity contribution in [3.63, 3.8) is 0 Å². The number of aromatic nitrogens is 1. The summed E-state index contributed by atoms with van der Waals surface area (Å²) in [5, 5.41) is 5.44. The number of rotatable bonds is 4. The molecule has 2 rings (SSSR count). The van der Waals surface area contributed by atoms with Gasteiger partial charge in [-0.25, -0.2) is 9.78 Å². The van der Waals surface area contributed by atoms with Crippen LogP contribution in [-0.2, 0) is 16.1 Å². The standard InChI is InChI=1S/C11H14N4O3S/c1-6-12-4-7(19-6)5-15(2)9(16)3-8-10(17)14-11(18)13-8/h4,8H,3,5H2,1-2H3,(H2,13,14,17,18)/t8-/m1/s1. The average molecular weight is 282 g/mol. The number of amides is 4. The molecule has 1 aromatic heterocycles. The van der Waals surface area contributed by atoms with Crippen LogP contribution >= 0.6 is 11.3 Å². The molecule has 4 amide bonds. The fourth-order valence-electron chi connectivity index (χ4n) is 1.73. The molecule has 0 unspecified atom stereocenters. The molecule has 2 heterocycles. The summed E-state index contributed by atoms with van der Waals surface area (Å²) in [6, 6.07) is -1.32. The minimum atomic E-state index is -0.773. The maximum atomic E-state index is 11.9. The molecule has 1 aromatic rings. The summed E-state index contributed by atoms with van der Waals surface area (Å²) in [5.74, 6) is -0.659. The van der Waals surface area contributed by atoms with E-state index in [1.807, 2.05) is 6.92 Å². The van der Waals surface area contributed by atoms with Gasteiger partial charge in [-0.3, -0.25) is 14.9 Å². The van der Waals surface area contributed by atoms with Crippen molar-refractivity contribution in [1.82, 2.24) is 20.5 Å². The largest absolute Gasteiger partial charge is 0.340 e. The number of urea groups is 1. The van der Waals surface area contributed by atoms with Gasteiger partial charge in [0.2, 0.25) is 5.91 Å². The van der Waals surface area contributed by atoms with Crippen molar-refractivity contribution in [1.29, 1.82) is 0 Å². The van der Waals surface area contributed by atoms with Crippen LogP contribution in [0.15, 0.2) is 6.20 Å². The van der Waals surface area contributed by atoms with E-state index in [9.17, 15) is 14.4 Å². The quantitative estimate of drug-likeness (QED) is 0.761. The van der Waals surface area contributed by atoms with E-state index in [0.717, 1.165) is 9.88 Å². The zero-order valence-electron chi connectivity index (χ0n) is 10.6. The number of carbonyl (C=O) groups is 3. The van der Waals surface area contributed by atoms with E-state index >= 15 is 0 Å². The third kappa shape index (κ3) is 3.28. The molecule has 0 bridgehead atoms. The molecule has 0 aliphatic carbocycles. The number of nitrogens with one attached hydrogen (secondary N) is 2. The molecule has 1 aliphatic heterocycles. The van der Waals surface area contributed by atoms with Gasteiger partial charge in [-0.05, 0) is 6.92 Å². The molecule has 102 valence electrons. The van der Waals surface area contributed by atoms with Crippen molar-refractivity contribution in [2.24, 2.45) is 0 Å². The predicted octanol–water partition coefficient (Wildman–Crippen LogP) is 0.00802. The van der Waals surface area contributed by atoms with Gasteiger partial charge in [-0.15, -0.1) is 11.3 Å². The molecule has 19 heavy (non-hydrogen) atoms. The van der Waals surface area contributed by atoms with Gasteiger partial charge in [0.05, 0.1) is 18.0 Å². The summed E-state index contributed by atoms with van der Waals surface area (Å²) in [6.45, 7) is 2.35. The molecule has 7 nitrogen and oxygen atoms in total. The number of carbonyl (C=O) groups excluding carboxylic acids is 3. The summed E-state index contributed by atoms with van der Waals surface area (Å²) >= 11 is 1.52. The van der Waals surface area contributed by atoms with Crippen LogP contribution in [0.2, 0.25) is 0 Å².